The van der Waals surface area contributed by atoms with E-state index in [0.717, 1.165) is 47.4 Å². The Morgan fingerprint density at radius 3 is 2.68 bits per heavy atom. The summed E-state index contributed by atoms with van der Waals surface area (Å²) in [6.07, 6.45) is 4.35. The molecule has 0 spiro atoms. The maximum Gasteiger partial charge on any atom is 0.335 e. The van der Waals surface area contributed by atoms with Crippen LogP contribution in [0.15, 0.2) is 30.3 Å². The molecule has 0 saturated heterocycles. The van der Waals surface area contributed by atoms with E-state index in [9.17, 15) is 20.0 Å². The van der Waals surface area contributed by atoms with E-state index in [2.05, 4.69) is 9.55 Å². The Hall–Kier alpha value is -2.74. The first-order valence-corrected chi connectivity index (χ1v) is 8.86. The zero-order valence-electron chi connectivity index (χ0n) is 13.2. The number of thiophene rings is 1. The average Bonchev–Trinajstić information content (AvgIpc) is 3.31. The van der Waals surface area contributed by atoms with Crippen LogP contribution in [-0.4, -0.2) is 25.6 Å². The number of nitrogens with zero attached hydrogens (tertiary/aromatic N) is 3. The van der Waals surface area contributed by atoms with Crippen molar-refractivity contribution in [1.82, 2.24) is 9.55 Å². The number of nitro groups is 1. The van der Waals surface area contributed by atoms with E-state index >= 15 is 0 Å². The monoisotopic (exact) mass is 357 g/mol. The summed E-state index contributed by atoms with van der Waals surface area (Å²) < 4.78 is 2.13. The molecule has 0 bridgehead atoms. The summed E-state index contributed by atoms with van der Waals surface area (Å²) in [6.45, 7) is 0. The van der Waals surface area contributed by atoms with Gasteiger partial charge in [-0.2, -0.15) is 0 Å². The lowest BCUT2D eigenvalue weighted by Gasteiger charge is -2.15. The Morgan fingerprint density at radius 2 is 2.04 bits per heavy atom. The van der Waals surface area contributed by atoms with E-state index in [4.69, 9.17) is 0 Å². The largest absolute Gasteiger partial charge is 0.478 e. The maximum absolute atomic E-state index is 11.2. The van der Waals surface area contributed by atoms with Crippen molar-refractivity contribution in [3.05, 3.63) is 46.0 Å². The van der Waals surface area contributed by atoms with E-state index in [1.807, 2.05) is 0 Å². The zero-order valence-corrected chi connectivity index (χ0v) is 14.0. The number of fused-ring (bicyclic) bond motifs is 1. The normalized spacial score (nSPS) is 15.0. The van der Waals surface area contributed by atoms with Crippen molar-refractivity contribution in [2.24, 2.45) is 0 Å². The first kappa shape index (κ1) is 15.8. The standard InChI is InChI=1S/C17H15N3O4S/c21-17(22)10-5-6-13-12(9-10)18-16(19(13)11-3-1-2-4-11)14-7-8-15(25-14)20(23)24/h5-9,11H,1-4H2,(H,21,22). The van der Waals surface area contributed by atoms with Gasteiger partial charge < -0.3 is 9.67 Å². The molecule has 0 radical (unpaired) electrons. The molecular formula is C17H15N3O4S. The molecule has 25 heavy (non-hydrogen) atoms. The highest BCUT2D eigenvalue weighted by atomic mass is 32.1. The molecule has 1 aliphatic rings. The second-order valence-corrected chi connectivity index (χ2v) is 7.21. The lowest BCUT2D eigenvalue weighted by atomic mass is 10.2. The second kappa shape index (κ2) is 5.96. The number of benzene rings is 1. The van der Waals surface area contributed by atoms with Crippen molar-refractivity contribution < 1.29 is 14.8 Å². The molecule has 2 aromatic heterocycles. The van der Waals surface area contributed by atoms with Crippen LogP contribution in [0.5, 0.6) is 0 Å². The summed E-state index contributed by atoms with van der Waals surface area (Å²) in [5.41, 5.74) is 1.67. The molecule has 2 heterocycles. The van der Waals surface area contributed by atoms with Gasteiger partial charge in [0.15, 0.2) is 5.82 Å². The first-order valence-electron chi connectivity index (χ1n) is 8.04. The molecule has 1 aliphatic carbocycles. The molecule has 7 nitrogen and oxygen atoms in total. The van der Waals surface area contributed by atoms with E-state index in [-0.39, 0.29) is 16.6 Å². The Balaban J connectivity index is 1.92. The van der Waals surface area contributed by atoms with Gasteiger partial charge in [-0.25, -0.2) is 9.78 Å². The summed E-state index contributed by atoms with van der Waals surface area (Å²) in [7, 11) is 0. The molecule has 4 rings (SSSR count). The Morgan fingerprint density at radius 1 is 1.28 bits per heavy atom. The van der Waals surface area contributed by atoms with Crippen LogP contribution in [0.3, 0.4) is 0 Å². The summed E-state index contributed by atoms with van der Waals surface area (Å²) >= 11 is 1.09. The van der Waals surface area contributed by atoms with Crippen LogP contribution in [0, 0.1) is 10.1 Å². The fourth-order valence-corrected chi connectivity index (χ4v) is 4.29. The van der Waals surface area contributed by atoms with Crippen LogP contribution in [0.2, 0.25) is 0 Å². The highest BCUT2D eigenvalue weighted by Crippen LogP contribution is 2.40. The van der Waals surface area contributed by atoms with Crippen molar-refractivity contribution in [3.8, 4) is 10.7 Å². The van der Waals surface area contributed by atoms with E-state index in [1.165, 1.54) is 6.07 Å². The van der Waals surface area contributed by atoms with Gasteiger partial charge in [0.1, 0.15) is 0 Å². The minimum atomic E-state index is -0.995. The number of aromatic nitrogens is 2. The third-order valence-corrected chi connectivity index (χ3v) is 5.65. The predicted octanol–water partition coefficient (Wildman–Crippen LogP) is 4.49. The van der Waals surface area contributed by atoms with E-state index in [0.29, 0.717) is 11.3 Å². The molecule has 128 valence electrons. The van der Waals surface area contributed by atoms with Gasteiger partial charge >= 0.3 is 11.0 Å². The van der Waals surface area contributed by atoms with Crippen molar-refractivity contribution >= 4 is 33.3 Å². The van der Waals surface area contributed by atoms with Crippen molar-refractivity contribution in [2.75, 3.05) is 0 Å². The lowest BCUT2D eigenvalue weighted by Crippen LogP contribution is -2.06. The zero-order chi connectivity index (χ0) is 17.6. The molecule has 0 unspecified atom stereocenters. The quantitative estimate of drug-likeness (QED) is 0.548. The lowest BCUT2D eigenvalue weighted by molar-refractivity contribution is -0.380. The average molecular weight is 357 g/mol. The summed E-state index contributed by atoms with van der Waals surface area (Å²) in [6, 6.07) is 8.42. The van der Waals surface area contributed by atoms with Gasteiger partial charge in [0.05, 0.1) is 26.4 Å². The van der Waals surface area contributed by atoms with Gasteiger partial charge in [-0.05, 0) is 37.1 Å². The molecule has 0 aliphatic heterocycles. The number of carboxylic acids is 1. The smallest absolute Gasteiger partial charge is 0.335 e. The number of hydrogen-bond donors (Lipinski definition) is 1. The fraction of sp³-hybridized carbons (Fsp3) is 0.294. The summed E-state index contributed by atoms with van der Waals surface area (Å²) in [5.74, 6) is -0.312. The molecule has 1 fully saturated rings. The molecule has 0 atom stereocenters. The van der Waals surface area contributed by atoms with Crippen LogP contribution in [0.4, 0.5) is 5.00 Å². The SMILES string of the molecule is O=C(O)c1ccc2c(c1)nc(-c1ccc([N+](=O)[O-])s1)n2C1CCCC1. The van der Waals surface area contributed by atoms with E-state index < -0.39 is 10.9 Å². The molecule has 1 aromatic carbocycles. The van der Waals surface area contributed by atoms with Crippen LogP contribution >= 0.6 is 11.3 Å². The third-order valence-electron chi connectivity index (χ3n) is 4.62. The van der Waals surface area contributed by atoms with Gasteiger partial charge in [0.2, 0.25) is 0 Å². The predicted molar refractivity (Wildman–Crippen MR) is 94.2 cm³/mol. The molecule has 1 N–H and O–H groups in total. The molecular weight excluding hydrogens is 342 g/mol. The highest BCUT2D eigenvalue weighted by molar-refractivity contribution is 7.18. The highest BCUT2D eigenvalue weighted by Gasteiger charge is 2.25. The van der Waals surface area contributed by atoms with Crippen LogP contribution in [0.25, 0.3) is 21.7 Å². The minimum Gasteiger partial charge on any atom is -0.478 e. The fourth-order valence-electron chi connectivity index (χ4n) is 3.48. The van der Waals surface area contributed by atoms with E-state index in [1.54, 1.807) is 24.3 Å². The molecule has 8 heteroatoms. The maximum atomic E-state index is 11.2. The summed E-state index contributed by atoms with van der Waals surface area (Å²) in [4.78, 5) is 27.2. The van der Waals surface area contributed by atoms with Gasteiger partial charge in [-0.15, -0.1) is 0 Å². The summed E-state index contributed by atoms with van der Waals surface area (Å²) in [5, 5.41) is 20.3. The van der Waals surface area contributed by atoms with Crippen molar-refractivity contribution in [1.29, 1.82) is 0 Å². The third kappa shape index (κ3) is 2.68. The Bertz CT molecular complexity index is 985. The number of rotatable bonds is 4. The van der Waals surface area contributed by atoms with Crippen LogP contribution in [0.1, 0.15) is 42.1 Å². The number of carboxylic acid groups (broad SMARTS) is 1. The van der Waals surface area contributed by atoms with Gasteiger partial charge in [-0.3, -0.25) is 10.1 Å². The number of imidazole rings is 1. The number of carbonyl (C=O) groups is 1. The van der Waals surface area contributed by atoms with Gasteiger partial charge in [0, 0.05) is 12.1 Å². The Labute approximate surface area is 146 Å². The molecule has 0 amide bonds. The van der Waals surface area contributed by atoms with Gasteiger partial charge in [0.25, 0.3) is 0 Å². The Kier molecular flexibility index (Phi) is 3.76. The molecule has 1 saturated carbocycles. The van der Waals surface area contributed by atoms with Crippen LogP contribution < -0.4 is 0 Å². The first-order chi connectivity index (χ1) is 12.0. The number of aromatic carboxylic acids is 1. The van der Waals surface area contributed by atoms with Gasteiger partial charge in [-0.1, -0.05) is 24.2 Å². The van der Waals surface area contributed by atoms with Crippen molar-refractivity contribution in [3.63, 3.8) is 0 Å². The van der Waals surface area contributed by atoms with Crippen LogP contribution in [-0.2, 0) is 0 Å². The molecule has 3 aromatic rings. The van der Waals surface area contributed by atoms with Crippen molar-refractivity contribution in [2.45, 2.75) is 31.7 Å². The second-order valence-electron chi connectivity index (χ2n) is 6.15. The topological polar surface area (TPSA) is 98.3 Å². The number of hydrogen-bond acceptors (Lipinski definition) is 5. The minimum absolute atomic E-state index is 0.0752.